The number of anilines is 1. The number of nitrogens with zero attached hydrogens (tertiary/aromatic N) is 2. The minimum Gasteiger partial charge on any atom is -0.392 e. The van der Waals surface area contributed by atoms with Gasteiger partial charge in [0.25, 0.3) is 0 Å². The molecule has 4 heteroatoms. The van der Waals surface area contributed by atoms with Crippen molar-refractivity contribution in [1.29, 1.82) is 0 Å². The molecule has 0 aliphatic carbocycles. The molecule has 0 bridgehead atoms. The van der Waals surface area contributed by atoms with Crippen LogP contribution >= 0.6 is 0 Å². The minimum absolute atomic E-state index is 0.361. The Bertz CT molecular complexity index is 250. The molecule has 0 fully saturated rings. The van der Waals surface area contributed by atoms with Crippen LogP contribution in [0.5, 0.6) is 0 Å². The van der Waals surface area contributed by atoms with E-state index < -0.39 is 0 Å². The maximum atomic E-state index is 8.98. The molecule has 0 amide bonds. The molecule has 1 rings (SSSR count). The Morgan fingerprint density at radius 1 is 1.67 bits per heavy atom. The van der Waals surface area contributed by atoms with Gasteiger partial charge in [-0.05, 0) is 19.9 Å². The summed E-state index contributed by atoms with van der Waals surface area (Å²) in [6, 6.07) is 1.77. The predicted molar refractivity (Wildman–Crippen MR) is 46.9 cm³/mol. The van der Waals surface area contributed by atoms with E-state index in [0.717, 1.165) is 11.6 Å². The number of nitrogens with one attached hydrogen (secondary N) is 1. The van der Waals surface area contributed by atoms with Crippen LogP contribution in [0.1, 0.15) is 12.7 Å². The third-order valence-corrected chi connectivity index (χ3v) is 1.35. The summed E-state index contributed by atoms with van der Waals surface area (Å²) in [6.45, 7) is 4.06. The molecule has 0 saturated carbocycles. The lowest BCUT2D eigenvalue weighted by Gasteiger charge is -2.06. The van der Waals surface area contributed by atoms with Crippen LogP contribution in [0.15, 0.2) is 12.3 Å². The molecule has 0 aliphatic rings. The van der Waals surface area contributed by atoms with E-state index in [0.29, 0.717) is 6.54 Å². The van der Waals surface area contributed by atoms with Crippen molar-refractivity contribution in [3.8, 4) is 0 Å². The van der Waals surface area contributed by atoms with Gasteiger partial charge in [-0.2, -0.15) is 0 Å². The van der Waals surface area contributed by atoms with Crippen molar-refractivity contribution < 1.29 is 5.11 Å². The highest BCUT2D eigenvalue weighted by Gasteiger charge is 1.96. The summed E-state index contributed by atoms with van der Waals surface area (Å²) >= 11 is 0. The highest BCUT2D eigenvalue weighted by atomic mass is 16.3. The number of aliphatic hydroxyl groups excluding tert-OH is 1. The van der Waals surface area contributed by atoms with Crippen molar-refractivity contribution in [3.63, 3.8) is 0 Å². The molecule has 1 unspecified atom stereocenters. The highest BCUT2D eigenvalue weighted by Crippen LogP contribution is 2.00. The third kappa shape index (κ3) is 2.84. The fraction of sp³-hybridized carbons (Fsp3) is 0.500. The van der Waals surface area contributed by atoms with Crippen molar-refractivity contribution in [2.45, 2.75) is 20.0 Å². The Balaban J connectivity index is 2.52. The molecule has 66 valence electrons. The van der Waals surface area contributed by atoms with E-state index in [-0.39, 0.29) is 6.10 Å². The maximum Gasteiger partial charge on any atom is 0.129 e. The van der Waals surface area contributed by atoms with Crippen molar-refractivity contribution in [2.24, 2.45) is 0 Å². The minimum atomic E-state index is -0.361. The number of aromatic nitrogens is 2. The highest BCUT2D eigenvalue weighted by molar-refractivity contribution is 5.32. The van der Waals surface area contributed by atoms with E-state index in [1.54, 1.807) is 19.2 Å². The number of rotatable bonds is 3. The van der Waals surface area contributed by atoms with E-state index >= 15 is 0 Å². The molecule has 0 saturated heterocycles. The van der Waals surface area contributed by atoms with Crippen molar-refractivity contribution in [2.75, 3.05) is 11.9 Å². The summed E-state index contributed by atoms with van der Waals surface area (Å²) in [4.78, 5) is 8.07. The molecule has 2 N–H and O–H groups in total. The van der Waals surface area contributed by atoms with Crippen LogP contribution in [0.3, 0.4) is 0 Å². The van der Waals surface area contributed by atoms with Crippen LogP contribution in [-0.4, -0.2) is 27.7 Å². The number of hydrogen-bond acceptors (Lipinski definition) is 4. The van der Waals surface area contributed by atoms with Crippen molar-refractivity contribution >= 4 is 5.82 Å². The Labute approximate surface area is 71.7 Å². The summed E-state index contributed by atoms with van der Waals surface area (Å²) in [5.74, 6) is 1.48. The second-order valence-corrected chi connectivity index (χ2v) is 2.72. The number of aryl methyl sites for hydroxylation is 1. The molecular formula is C8H13N3O. The Hall–Kier alpha value is -1.16. The zero-order valence-electron chi connectivity index (χ0n) is 7.28. The quantitative estimate of drug-likeness (QED) is 0.691. The summed E-state index contributed by atoms with van der Waals surface area (Å²) in [5.41, 5.74) is 0. The van der Waals surface area contributed by atoms with Gasteiger partial charge in [0.2, 0.25) is 0 Å². The van der Waals surface area contributed by atoms with Gasteiger partial charge in [-0.3, -0.25) is 0 Å². The van der Waals surface area contributed by atoms with Gasteiger partial charge in [0.05, 0.1) is 6.10 Å². The SMILES string of the molecule is Cc1nccc(NCC(C)O)n1. The molecule has 1 atom stereocenters. The smallest absolute Gasteiger partial charge is 0.129 e. The molecule has 1 aromatic heterocycles. The first kappa shape index (κ1) is 8.93. The van der Waals surface area contributed by atoms with Crippen molar-refractivity contribution in [3.05, 3.63) is 18.1 Å². The Morgan fingerprint density at radius 3 is 3.00 bits per heavy atom. The molecule has 1 heterocycles. The first-order valence-electron chi connectivity index (χ1n) is 3.90. The van der Waals surface area contributed by atoms with Gasteiger partial charge in [-0.15, -0.1) is 0 Å². The van der Waals surface area contributed by atoms with Gasteiger partial charge in [-0.1, -0.05) is 0 Å². The van der Waals surface area contributed by atoms with Gasteiger partial charge < -0.3 is 10.4 Å². The maximum absolute atomic E-state index is 8.98. The first-order valence-corrected chi connectivity index (χ1v) is 3.90. The number of aliphatic hydroxyl groups is 1. The molecule has 0 aromatic carbocycles. The second kappa shape index (κ2) is 4.01. The van der Waals surface area contributed by atoms with E-state index in [2.05, 4.69) is 15.3 Å². The van der Waals surface area contributed by atoms with Gasteiger partial charge in [0.1, 0.15) is 11.6 Å². The van der Waals surface area contributed by atoms with Gasteiger partial charge in [-0.25, -0.2) is 9.97 Å². The average Bonchev–Trinajstić information content (AvgIpc) is 2.01. The van der Waals surface area contributed by atoms with E-state index in [1.807, 2.05) is 6.92 Å². The van der Waals surface area contributed by atoms with Crippen LogP contribution in [0.25, 0.3) is 0 Å². The van der Waals surface area contributed by atoms with Gasteiger partial charge in [0, 0.05) is 12.7 Å². The first-order chi connectivity index (χ1) is 5.68. The molecular weight excluding hydrogens is 154 g/mol. The van der Waals surface area contributed by atoms with Crippen LogP contribution in [0.2, 0.25) is 0 Å². The summed E-state index contributed by atoms with van der Waals surface area (Å²) in [5, 5.41) is 12.0. The fourth-order valence-electron chi connectivity index (χ4n) is 0.807. The Morgan fingerprint density at radius 2 is 2.42 bits per heavy atom. The van der Waals surface area contributed by atoms with Crippen LogP contribution < -0.4 is 5.32 Å². The van der Waals surface area contributed by atoms with E-state index in [4.69, 9.17) is 5.11 Å². The topological polar surface area (TPSA) is 58.0 Å². The van der Waals surface area contributed by atoms with Crippen LogP contribution in [0.4, 0.5) is 5.82 Å². The zero-order valence-corrected chi connectivity index (χ0v) is 7.28. The third-order valence-electron chi connectivity index (χ3n) is 1.35. The summed E-state index contributed by atoms with van der Waals surface area (Å²) in [7, 11) is 0. The monoisotopic (exact) mass is 167 g/mol. The largest absolute Gasteiger partial charge is 0.392 e. The standard InChI is InChI=1S/C8H13N3O/c1-6(12)5-10-8-3-4-9-7(2)11-8/h3-4,6,12H,5H2,1-2H3,(H,9,10,11). The summed E-state index contributed by atoms with van der Waals surface area (Å²) < 4.78 is 0. The Kier molecular flexibility index (Phi) is 2.99. The van der Waals surface area contributed by atoms with E-state index in [9.17, 15) is 0 Å². The molecule has 0 aliphatic heterocycles. The second-order valence-electron chi connectivity index (χ2n) is 2.72. The molecule has 0 radical (unpaired) electrons. The lowest BCUT2D eigenvalue weighted by Crippen LogP contribution is -2.16. The lowest BCUT2D eigenvalue weighted by molar-refractivity contribution is 0.208. The fourth-order valence-corrected chi connectivity index (χ4v) is 0.807. The van der Waals surface area contributed by atoms with Crippen LogP contribution in [-0.2, 0) is 0 Å². The summed E-state index contributed by atoms with van der Waals surface area (Å²) in [6.07, 6.45) is 1.33. The molecule has 4 nitrogen and oxygen atoms in total. The van der Waals surface area contributed by atoms with Crippen LogP contribution in [0, 0.1) is 6.92 Å². The molecule has 1 aromatic rings. The molecule has 12 heavy (non-hydrogen) atoms. The van der Waals surface area contributed by atoms with Crippen molar-refractivity contribution in [1.82, 2.24) is 9.97 Å². The zero-order chi connectivity index (χ0) is 8.97. The predicted octanol–water partition coefficient (Wildman–Crippen LogP) is 0.578. The van der Waals surface area contributed by atoms with Gasteiger partial charge >= 0.3 is 0 Å². The average molecular weight is 167 g/mol. The normalized spacial score (nSPS) is 12.6. The number of hydrogen-bond donors (Lipinski definition) is 2. The van der Waals surface area contributed by atoms with Gasteiger partial charge in [0.15, 0.2) is 0 Å². The lowest BCUT2D eigenvalue weighted by atomic mass is 10.4. The molecule has 0 spiro atoms. The van der Waals surface area contributed by atoms with E-state index in [1.165, 1.54) is 0 Å².